The van der Waals surface area contributed by atoms with Gasteiger partial charge < -0.3 is 14.4 Å². The largest absolute Gasteiger partial charge is 0.454 e. The van der Waals surface area contributed by atoms with E-state index < -0.39 is 0 Å². The molecule has 26 heavy (non-hydrogen) atoms. The van der Waals surface area contributed by atoms with Crippen molar-refractivity contribution in [3.05, 3.63) is 42.2 Å². The van der Waals surface area contributed by atoms with Crippen LogP contribution in [0.1, 0.15) is 19.4 Å². The van der Waals surface area contributed by atoms with E-state index in [1.807, 2.05) is 12.1 Å². The lowest BCUT2D eigenvalue weighted by Crippen LogP contribution is -2.56. The lowest BCUT2D eigenvalue weighted by Gasteiger charge is -2.44. The Balaban J connectivity index is 0.00000121. The molecule has 0 aliphatic carbocycles. The number of ether oxygens (including phenoxy) is 2. The number of aromatic nitrogens is 2. The monoisotopic (exact) mass is 398 g/mol. The molecule has 0 bridgehead atoms. The average Bonchev–Trinajstić information content (AvgIpc) is 3.06. The molecule has 1 aromatic carbocycles. The topological polar surface area (TPSA) is 50.7 Å². The predicted octanol–water partition coefficient (Wildman–Crippen LogP) is 3.15. The number of halogens is 2. The number of rotatable bonds is 3. The summed E-state index contributed by atoms with van der Waals surface area (Å²) in [6.45, 7) is 7.61. The molecule has 6 nitrogen and oxygen atoms in total. The second kappa shape index (κ2) is 8.75. The van der Waals surface area contributed by atoms with Gasteiger partial charge in [-0.05, 0) is 37.6 Å². The summed E-state index contributed by atoms with van der Waals surface area (Å²) in [4.78, 5) is 13.6. The summed E-state index contributed by atoms with van der Waals surface area (Å²) in [5.41, 5.74) is 1.25. The van der Waals surface area contributed by atoms with Gasteiger partial charge in [0.25, 0.3) is 0 Å². The fourth-order valence-corrected chi connectivity index (χ4v) is 3.54. The number of hydrogen-bond donors (Lipinski definition) is 0. The second-order valence-corrected chi connectivity index (χ2v) is 6.51. The number of fused-ring (bicyclic) bond motifs is 1. The minimum atomic E-state index is 0. The first-order valence-corrected chi connectivity index (χ1v) is 8.37. The summed E-state index contributed by atoms with van der Waals surface area (Å²) in [5.74, 6) is 2.51. The third kappa shape index (κ3) is 4.14. The van der Waals surface area contributed by atoms with Crippen LogP contribution in [0.5, 0.6) is 11.5 Å². The van der Waals surface area contributed by atoms with E-state index in [1.165, 1.54) is 5.56 Å². The minimum Gasteiger partial charge on any atom is -0.454 e. The molecule has 4 rings (SSSR count). The molecule has 0 N–H and O–H groups in total. The van der Waals surface area contributed by atoms with Gasteiger partial charge in [-0.3, -0.25) is 4.90 Å². The summed E-state index contributed by atoms with van der Waals surface area (Å²) >= 11 is 0. The Morgan fingerprint density at radius 3 is 2.35 bits per heavy atom. The van der Waals surface area contributed by atoms with Crippen molar-refractivity contribution >= 4 is 30.8 Å². The van der Waals surface area contributed by atoms with Crippen LogP contribution in [0.3, 0.4) is 0 Å². The van der Waals surface area contributed by atoms with Crippen molar-refractivity contribution in [2.45, 2.75) is 32.5 Å². The van der Waals surface area contributed by atoms with Gasteiger partial charge in [0.05, 0.1) is 0 Å². The molecule has 0 saturated carbocycles. The minimum absolute atomic E-state index is 0. The molecule has 0 radical (unpaired) electrons. The molecule has 8 heteroatoms. The SMILES string of the molecule is C[C@H]1CN(c2ncccn2)C[C@H](C)N1Cc1ccc2c(c1)OCO2.Cl.Cl. The molecule has 0 unspecified atom stereocenters. The quantitative estimate of drug-likeness (QED) is 0.791. The molecule has 0 amide bonds. The third-order valence-electron chi connectivity index (χ3n) is 4.74. The van der Waals surface area contributed by atoms with Crippen LogP contribution in [0.25, 0.3) is 0 Å². The molecule has 1 fully saturated rings. The molecular weight excluding hydrogens is 375 g/mol. The zero-order chi connectivity index (χ0) is 16.5. The van der Waals surface area contributed by atoms with Gasteiger partial charge in [0.1, 0.15) is 0 Å². The predicted molar refractivity (Wildman–Crippen MR) is 106 cm³/mol. The first-order valence-electron chi connectivity index (χ1n) is 8.37. The van der Waals surface area contributed by atoms with Gasteiger partial charge in [-0.2, -0.15) is 0 Å². The highest BCUT2D eigenvalue weighted by Gasteiger charge is 2.30. The molecular formula is C18H24Cl2N4O2. The summed E-state index contributed by atoms with van der Waals surface area (Å²) in [6, 6.07) is 8.91. The van der Waals surface area contributed by atoms with E-state index in [-0.39, 0.29) is 24.8 Å². The molecule has 1 saturated heterocycles. The molecule has 2 aliphatic heterocycles. The first kappa shape index (κ1) is 20.6. The Kier molecular flexibility index (Phi) is 6.92. The lowest BCUT2D eigenvalue weighted by molar-refractivity contribution is 0.122. The van der Waals surface area contributed by atoms with Crippen molar-refractivity contribution in [3.8, 4) is 11.5 Å². The second-order valence-electron chi connectivity index (χ2n) is 6.51. The van der Waals surface area contributed by atoms with E-state index in [2.05, 4.69) is 45.7 Å². The fraction of sp³-hybridized carbons (Fsp3) is 0.444. The van der Waals surface area contributed by atoms with Gasteiger partial charge in [0.2, 0.25) is 12.7 Å². The van der Waals surface area contributed by atoms with Crippen LogP contribution in [0, 0.1) is 0 Å². The highest BCUT2D eigenvalue weighted by molar-refractivity contribution is 5.85. The number of hydrogen-bond acceptors (Lipinski definition) is 6. The molecule has 1 aromatic heterocycles. The van der Waals surface area contributed by atoms with Crippen LogP contribution in [-0.2, 0) is 6.54 Å². The van der Waals surface area contributed by atoms with Crippen molar-refractivity contribution in [2.24, 2.45) is 0 Å². The van der Waals surface area contributed by atoms with Gasteiger partial charge in [-0.15, -0.1) is 24.8 Å². The highest BCUT2D eigenvalue weighted by atomic mass is 35.5. The van der Waals surface area contributed by atoms with E-state index in [0.29, 0.717) is 18.9 Å². The molecule has 2 aliphatic rings. The zero-order valence-corrected chi connectivity index (χ0v) is 16.5. The highest BCUT2D eigenvalue weighted by Crippen LogP contribution is 2.33. The van der Waals surface area contributed by atoms with E-state index in [1.54, 1.807) is 12.4 Å². The van der Waals surface area contributed by atoms with Crippen molar-refractivity contribution in [3.63, 3.8) is 0 Å². The summed E-state index contributed by atoms with van der Waals surface area (Å²) < 4.78 is 10.9. The summed E-state index contributed by atoms with van der Waals surface area (Å²) in [5, 5.41) is 0. The molecule has 2 atom stereocenters. The van der Waals surface area contributed by atoms with E-state index in [9.17, 15) is 0 Å². The number of piperazine rings is 1. The summed E-state index contributed by atoms with van der Waals surface area (Å²) in [6.07, 6.45) is 3.60. The summed E-state index contributed by atoms with van der Waals surface area (Å²) in [7, 11) is 0. The number of benzene rings is 1. The maximum Gasteiger partial charge on any atom is 0.231 e. The van der Waals surface area contributed by atoms with Crippen molar-refractivity contribution < 1.29 is 9.47 Å². The molecule has 0 spiro atoms. The van der Waals surface area contributed by atoms with Crippen LogP contribution < -0.4 is 14.4 Å². The Hall–Kier alpha value is -1.76. The van der Waals surface area contributed by atoms with Crippen LogP contribution in [-0.4, -0.2) is 46.8 Å². The molecule has 2 aromatic rings. The maximum atomic E-state index is 5.49. The van der Waals surface area contributed by atoms with Crippen molar-refractivity contribution in [1.82, 2.24) is 14.9 Å². The van der Waals surface area contributed by atoms with Crippen LogP contribution in [0.4, 0.5) is 5.95 Å². The molecule has 3 heterocycles. The van der Waals surface area contributed by atoms with Gasteiger partial charge in [-0.1, -0.05) is 6.07 Å². The van der Waals surface area contributed by atoms with Crippen LogP contribution in [0.2, 0.25) is 0 Å². The Bertz CT molecular complexity index is 708. The van der Waals surface area contributed by atoms with E-state index in [0.717, 1.165) is 37.1 Å². The normalized spacial score (nSPS) is 21.7. The first-order chi connectivity index (χ1) is 11.7. The van der Waals surface area contributed by atoms with Crippen molar-refractivity contribution in [1.29, 1.82) is 0 Å². The molecule has 142 valence electrons. The fourth-order valence-electron chi connectivity index (χ4n) is 3.54. The van der Waals surface area contributed by atoms with Crippen LogP contribution in [0.15, 0.2) is 36.7 Å². The van der Waals surface area contributed by atoms with Gasteiger partial charge in [0, 0.05) is 44.1 Å². The van der Waals surface area contributed by atoms with Crippen LogP contribution >= 0.6 is 24.8 Å². The van der Waals surface area contributed by atoms with E-state index in [4.69, 9.17) is 9.47 Å². The Morgan fingerprint density at radius 1 is 1.00 bits per heavy atom. The number of nitrogens with zero attached hydrogens (tertiary/aromatic N) is 4. The van der Waals surface area contributed by atoms with Gasteiger partial charge in [-0.25, -0.2) is 9.97 Å². The Labute approximate surface area is 166 Å². The standard InChI is InChI=1S/C18H22N4O2.2ClH/c1-13-9-21(18-19-6-3-7-20-18)10-14(2)22(13)11-15-4-5-16-17(8-15)24-12-23-16;;/h3-8,13-14H,9-12H2,1-2H3;2*1H/t13-,14-;;/m0../s1. The third-order valence-corrected chi connectivity index (χ3v) is 4.74. The Morgan fingerprint density at radius 2 is 1.65 bits per heavy atom. The van der Waals surface area contributed by atoms with Gasteiger partial charge in [0.15, 0.2) is 11.5 Å². The zero-order valence-electron chi connectivity index (χ0n) is 14.9. The number of anilines is 1. The lowest BCUT2D eigenvalue weighted by atomic mass is 10.1. The van der Waals surface area contributed by atoms with Crippen molar-refractivity contribution in [2.75, 3.05) is 24.8 Å². The average molecular weight is 399 g/mol. The smallest absolute Gasteiger partial charge is 0.231 e. The van der Waals surface area contributed by atoms with E-state index >= 15 is 0 Å². The maximum absolute atomic E-state index is 5.49. The van der Waals surface area contributed by atoms with Gasteiger partial charge >= 0.3 is 0 Å².